The number of ether oxygens (including phenoxy) is 1. The molecular formula is C19H25N3O5S. The monoisotopic (exact) mass is 407 g/mol. The van der Waals surface area contributed by atoms with Crippen LogP contribution < -0.4 is 9.46 Å². The molecule has 8 nitrogen and oxygen atoms in total. The lowest BCUT2D eigenvalue weighted by atomic mass is 9.97. The van der Waals surface area contributed by atoms with Crippen molar-refractivity contribution in [1.82, 2.24) is 14.8 Å². The van der Waals surface area contributed by atoms with Gasteiger partial charge in [0.2, 0.25) is 10.0 Å². The second-order valence-electron chi connectivity index (χ2n) is 6.99. The zero-order valence-electron chi connectivity index (χ0n) is 16.3. The number of sulfonamides is 1. The molecule has 1 aromatic carbocycles. The summed E-state index contributed by atoms with van der Waals surface area (Å²) in [6.07, 6.45) is 1.68. The molecule has 28 heavy (non-hydrogen) atoms. The highest BCUT2D eigenvalue weighted by atomic mass is 32.2. The summed E-state index contributed by atoms with van der Waals surface area (Å²) in [5.74, 6) is 1.04. The minimum Gasteiger partial charge on any atom is -0.497 e. The van der Waals surface area contributed by atoms with Crippen LogP contribution in [0.3, 0.4) is 0 Å². The van der Waals surface area contributed by atoms with E-state index in [2.05, 4.69) is 9.88 Å². The molecule has 0 saturated carbocycles. The van der Waals surface area contributed by atoms with E-state index in [0.29, 0.717) is 35.9 Å². The standard InChI is InChI=1S/C19H25N3O5S/c1-13-18(14(2)27-21-13)19(23)22-10-4-5-15(12-22)11-20-28(24,25)17-8-6-16(26-3)7-9-17/h6-9,15,20H,4-5,10-12H2,1-3H3/t15-/m1/s1. The van der Waals surface area contributed by atoms with E-state index >= 15 is 0 Å². The minimum atomic E-state index is -3.61. The number of methoxy groups -OCH3 is 1. The van der Waals surface area contributed by atoms with E-state index in [-0.39, 0.29) is 23.3 Å². The van der Waals surface area contributed by atoms with Crippen LogP contribution >= 0.6 is 0 Å². The molecule has 1 aliphatic rings. The first-order chi connectivity index (χ1) is 13.3. The Hall–Kier alpha value is -2.39. The number of hydrogen-bond donors (Lipinski definition) is 1. The van der Waals surface area contributed by atoms with Crippen LogP contribution in [0.15, 0.2) is 33.7 Å². The first-order valence-corrected chi connectivity index (χ1v) is 10.7. The van der Waals surface area contributed by atoms with Gasteiger partial charge in [-0.25, -0.2) is 13.1 Å². The third kappa shape index (κ3) is 4.36. The van der Waals surface area contributed by atoms with Crippen molar-refractivity contribution >= 4 is 15.9 Å². The molecule has 0 aliphatic carbocycles. The van der Waals surface area contributed by atoms with Crippen molar-refractivity contribution in [3.63, 3.8) is 0 Å². The Morgan fingerprint density at radius 2 is 2.04 bits per heavy atom. The lowest BCUT2D eigenvalue weighted by Gasteiger charge is -2.32. The largest absolute Gasteiger partial charge is 0.497 e. The van der Waals surface area contributed by atoms with E-state index in [9.17, 15) is 13.2 Å². The van der Waals surface area contributed by atoms with E-state index in [1.165, 1.54) is 19.2 Å². The van der Waals surface area contributed by atoms with Crippen LogP contribution in [0.5, 0.6) is 5.75 Å². The van der Waals surface area contributed by atoms with Crippen LogP contribution in [0.4, 0.5) is 0 Å². The van der Waals surface area contributed by atoms with Gasteiger partial charge < -0.3 is 14.2 Å². The number of nitrogens with zero attached hydrogens (tertiary/aromatic N) is 2. The van der Waals surface area contributed by atoms with Gasteiger partial charge in [-0.05, 0) is 56.9 Å². The Balaban J connectivity index is 1.62. The number of benzene rings is 1. The molecule has 0 unspecified atom stereocenters. The number of rotatable bonds is 6. The molecular weight excluding hydrogens is 382 g/mol. The summed E-state index contributed by atoms with van der Waals surface area (Å²) in [5.41, 5.74) is 1.07. The molecule has 0 spiro atoms. The highest BCUT2D eigenvalue weighted by Gasteiger charge is 2.29. The van der Waals surface area contributed by atoms with Gasteiger partial charge in [-0.2, -0.15) is 0 Å². The van der Waals surface area contributed by atoms with Crippen LogP contribution in [0.2, 0.25) is 0 Å². The summed E-state index contributed by atoms with van der Waals surface area (Å²) in [6, 6.07) is 6.24. The van der Waals surface area contributed by atoms with E-state index in [1.807, 2.05) is 0 Å². The first-order valence-electron chi connectivity index (χ1n) is 9.17. The molecule has 1 atom stereocenters. The van der Waals surface area contributed by atoms with Gasteiger partial charge in [-0.3, -0.25) is 4.79 Å². The second-order valence-corrected chi connectivity index (χ2v) is 8.75. The van der Waals surface area contributed by atoms with Crippen LogP contribution in [-0.2, 0) is 10.0 Å². The quantitative estimate of drug-likeness (QED) is 0.787. The van der Waals surface area contributed by atoms with Crippen LogP contribution in [0, 0.1) is 19.8 Å². The summed E-state index contributed by atoms with van der Waals surface area (Å²) in [4.78, 5) is 14.7. The van der Waals surface area contributed by atoms with Crippen molar-refractivity contribution < 1.29 is 22.5 Å². The maximum atomic E-state index is 12.8. The zero-order valence-corrected chi connectivity index (χ0v) is 17.1. The first kappa shape index (κ1) is 20.3. The Bertz CT molecular complexity index is 917. The number of carbonyl (C=O) groups is 1. The number of aromatic nitrogens is 1. The Morgan fingerprint density at radius 1 is 1.32 bits per heavy atom. The van der Waals surface area contributed by atoms with Gasteiger partial charge in [0, 0.05) is 19.6 Å². The molecule has 1 saturated heterocycles. The van der Waals surface area contributed by atoms with Gasteiger partial charge in [-0.15, -0.1) is 0 Å². The van der Waals surface area contributed by atoms with E-state index in [1.54, 1.807) is 30.9 Å². The van der Waals surface area contributed by atoms with Crippen molar-refractivity contribution in [3.05, 3.63) is 41.3 Å². The highest BCUT2D eigenvalue weighted by Crippen LogP contribution is 2.22. The van der Waals surface area contributed by atoms with E-state index in [0.717, 1.165) is 12.8 Å². The highest BCUT2D eigenvalue weighted by molar-refractivity contribution is 7.89. The number of carbonyl (C=O) groups excluding carboxylic acids is 1. The molecule has 3 rings (SSSR count). The van der Waals surface area contributed by atoms with Gasteiger partial charge in [0.05, 0.1) is 17.7 Å². The average Bonchev–Trinajstić information content (AvgIpc) is 3.04. The Morgan fingerprint density at radius 3 is 2.64 bits per heavy atom. The van der Waals surface area contributed by atoms with Gasteiger partial charge >= 0.3 is 0 Å². The van der Waals surface area contributed by atoms with Gasteiger partial charge in [0.15, 0.2) is 0 Å². The molecule has 0 radical (unpaired) electrons. The molecule has 1 amide bonds. The van der Waals surface area contributed by atoms with Crippen molar-refractivity contribution in [3.8, 4) is 5.75 Å². The van der Waals surface area contributed by atoms with Crippen LogP contribution in [-0.4, -0.2) is 51.1 Å². The van der Waals surface area contributed by atoms with Crippen LogP contribution in [0.25, 0.3) is 0 Å². The normalized spacial score (nSPS) is 17.5. The van der Waals surface area contributed by atoms with Crippen molar-refractivity contribution in [2.45, 2.75) is 31.6 Å². The molecule has 1 aliphatic heterocycles. The lowest BCUT2D eigenvalue weighted by molar-refractivity contribution is 0.0674. The SMILES string of the molecule is COc1ccc(S(=O)(=O)NC[C@H]2CCCN(C(=O)c3c(C)noc3C)C2)cc1. The predicted molar refractivity (Wildman–Crippen MR) is 103 cm³/mol. The van der Waals surface area contributed by atoms with Crippen molar-refractivity contribution in [2.24, 2.45) is 5.92 Å². The maximum Gasteiger partial charge on any atom is 0.259 e. The third-order valence-electron chi connectivity index (χ3n) is 4.99. The minimum absolute atomic E-state index is 0.0474. The number of likely N-dealkylation sites (tertiary alicyclic amines) is 1. The molecule has 2 aromatic rings. The van der Waals surface area contributed by atoms with Gasteiger partial charge in [0.25, 0.3) is 5.91 Å². The molecule has 9 heteroatoms. The lowest BCUT2D eigenvalue weighted by Crippen LogP contribution is -2.44. The average molecular weight is 407 g/mol. The zero-order chi connectivity index (χ0) is 20.3. The summed E-state index contributed by atoms with van der Waals surface area (Å²) in [7, 11) is -2.08. The van der Waals surface area contributed by atoms with Crippen molar-refractivity contribution in [2.75, 3.05) is 26.7 Å². The Kier molecular flexibility index (Phi) is 6.04. The molecule has 1 N–H and O–H groups in total. The maximum absolute atomic E-state index is 12.8. The summed E-state index contributed by atoms with van der Waals surface area (Å²) < 4.78 is 37.8. The van der Waals surface area contributed by atoms with E-state index < -0.39 is 10.0 Å². The fourth-order valence-electron chi connectivity index (χ4n) is 3.43. The molecule has 1 fully saturated rings. The summed E-state index contributed by atoms with van der Waals surface area (Å²) in [5, 5.41) is 3.84. The Labute approximate surface area is 164 Å². The second kappa shape index (κ2) is 8.32. The molecule has 2 heterocycles. The number of nitrogens with one attached hydrogen (secondary N) is 1. The third-order valence-corrected chi connectivity index (χ3v) is 6.42. The van der Waals surface area contributed by atoms with Gasteiger partial charge in [0.1, 0.15) is 17.1 Å². The fraction of sp³-hybridized carbons (Fsp3) is 0.474. The number of piperidine rings is 1. The smallest absolute Gasteiger partial charge is 0.259 e. The molecule has 1 aromatic heterocycles. The topological polar surface area (TPSA) is 102 Å². The molecule has 0 bridgehead atoms. The van der Waals surface area contributed by atoms with E-state index in [4.69, 9.17) is 9.26 Å². The number of amides is 1. The fourth-order valence-corrected chi connectivity index (χ4v) is 4.54. The predicted octanol–water partition coefficient (Wildman–Crippen LogP) is 2.13. The van der Waals surface area contributed by atoms with Crippen molar-refractivity contribution in [1.29, 1.82) is 0 Å². The molecule has 152 valence electrons. The summed E-state index contributed by atoms with van der Waals surface area (Å²) in [6.45, 7) is 4.88. The van der Waals surface area contributed by atoms with Gasteiger partial charge in [-0.1, -0.05) is 5.16 Å². The van der Waals surface area contributed by atoms with Crippen LogP contribution in [0.1, 0.15) is 34.7 Å². The number of hydrogen-bond acceptors (Lipinski definition) is 6. The number of aryl methyl sites for hydroxylation is 2. The summed E-state index contributed by atoms with van der Waals surface area (Å²) >= 11 is 0.